The summed E-state index contributed by atoms with van der Waals surface area (Å²) in [6.07, 6.45) is 0.115. The molecule has 1 saturated heterocycles. The molecule has 2 rings (SSSR count). The molecular formula is C27H41NO8. The lowest BCUT2D eigenvalue weighted by Gasteiger charge is -2.34. The quantitative estimate of drug-likeness (QED) is 0.350. The van der Waals surface area contributed by atoms with Crippen molar-refractivity contribution in [1.82, 2.24) is 4.90 Å². The molecule has 0 radical (unpaired) electrons. The number of nitrogens with zero attached hydrogens (tertiary/aromatic N) is 1. The number of likely N-dealkylation sites (tertiary alicyclic amines) is 1. The number of Topliss-reactive ketones (excluding diaryl/α,β-unsaturated/α-hetero) is 1. The van der Waals surface area contributed by atoms with Gasteiger partial charge in [-0.25, -0.2) is 9.59 Å². The molecule has 1 fully saturated rings. The normalized spacial score (nSPS) is 20.1. The molecule has 0 aliphatic carbocycles. The van der Waals surface area contributed by atoms with Crippen molar-refractivity contribution >= 4 is 17.8 Å². The number of ether oxygens (including phenoxy) is 5. The van der Waals surface area contributed by atoms with Crippen molar-refractivity contribution < 1.29 is 38.1 Å². The van der Waals surface area contributed by atoms with Gasteiger partial charge in [-0.05, 0) is 72.6 Å². The van der Waals surface area contributed by atoms with E-state index in [0.717, 1.165) is 0 Å². The first kappa shape index (κ1) is 29.4. The van der Waals surface area contributed by atoms with Crippen LogP contribution in [-0.4, -0.2) is 67.4 Å². The van der Waals surface area contributed by atoms with Crippen LogP contribution in [0.2, 0.25) is 0 Å². The summed E-state index contributed by atoms with van der Waals surface area (Å²) >= 11 is 0. The molecule has 1 amide bonds. The summed E-state index contributed by atoms with van der Waals surface area (Å²) in [4.78, 5) is 40.8. The van der Waals surface area contributed by atoms with E-state index in [1.165, 1.54) is 18.9 Å². The zero-order valence-electron chi connectivity index (χ0n) is 23.0. The third kappa shape index (κ3) is 7.85. The van der Waals surface area contributed by atoms with Crippen LogP contribution in [0.25, 0.3) is 0 Å². The van der Waals surface area contributed by atoms with Gasteiger partial charge in [0.1, 0.15) is 23.0 Å². The van der Waals surface area contributed by atoms with Gasteiger partial charge in [0.25, 0.3) is 0 Å². The Kier molecular flexibility index (Phi) is 9.77. The average Bonchev–Trinajstić information content (AvgIpc) is 3.16. The highest BCUT2D eigenvalue weighted by atomic mass is 16.6. The van der Waals surface area contributed by atoms with Crippen molar-refractivity contribution in [1.29, 1.82) is 0 Å². The lowest BCUT2D eigenvalue weighted by Crippen LogP contribution is -2.46. The van der Waals surface area contributed by atoms with Gasteiger partial charge >= 0.3 is 12.1 Å². The summed E-state index contributed by atoms with van der Waals surface area (Å²) in [5.74, 6) is -0.367. The van der Waals surface area contributed by atoms with Gasteiger partial charge in [0.15, 0.2) is 11.5 Å². The third-order valence-corrected chi connectivity index (χ3v) is 5.58. The average molecular weight is 508 g/mol. The first-order chi connectivity index (χ1) is 16.7. The second-order valence-electron chi connectivity index (χ2n) is 10.9. The van der Waals surface area contributed by atoms with E-state index in [4.69, 9.17) is 23.7 Å². The van der Waals surface area contributed by atoms with E-state index in [1.54, 1.807) is 66.9 Å². The third-order valence-electron chi connectivity index (χ3n) is 5.58. The summed E-state index contributed by atoms with van der Waals surface area (Å²) in [7, 11) is 3.16. The minimum absolute atomic E-state index is 0.129. The van der Waals surface area contributed by atoms with Crippen molar-refractivity contribution in [3.05, 3.63) is 23.8 Å². The van der Waals surface area contributed by atoms with Crippen LogP contribution in [0, 0.1) is 5.92 Å². The molecule has 1 aromatic rings. The molecule has 9 nitrogen and oxygen atoms in total. The van der Waals surface area contributed by atoms with E-state index in [0.29, 0.717) is 36.7 Å². The molecule has 1 heterocycles. The van der Waals surface area contributed by atoms with Crippen molar-refractivity contribution in [3.8, 4) is 11.5 Å². The van der Waals surface area contributed by atoms with Gasteiger partial charge < -0.3 is 23.7 Å². The molecule has 0 spiro atoms. The number of hydrogen-bond acceptors (Lipinski definition) is 8. The second-order valence-corrected chi connectivity index (χ2v) is 10.9. The largest absolute Gasteiger partial charge is 0.493 e. The summed E-state index contributed by atoms with van der Waals surface area (Å²) in [6, 6.07) is 3.53. The molecule has 1 aliphatic heterocycles. The van der Waals surface area contributed by atoms with Gasteiger partial charge in [-0.1, -0.05) is 6.07 Å². The Labute approximate surface area is 214 Å². The minimum atomic E-state index is -0.980. The lowest BCUT2D eigenvalue weighted by atomic mass is 9.90. The maximum atomic E-state index is 13.5. The Hall–Kier alpha value is -2.81. The van der Waals surface area contributed by atoms with E-state index >= 15 is 0 Å². The number of methoxy groups -OCH3 is 2. The Balaban J connectivity index is 2.55. The molecule has 0 unspecified atom stereocenters. The Bertz CT molecular complexity index is 931. The van der Waals surface area contributed by atoms with Crippen LogP contribution in [0.1, 0.15) is 72.9 Å². The topological polar surface area (TPSA) is 101 Å². The zero-order valence-corrected chi connectivity index (χ0v) is 23.0. The minimum Gasteiger partial charge on any atom is -0.493 e. The number of carbonyl (C=O) groups excluding carboxylic acids is 3. The van der Waals surface area contributed by atoms with Crippen LogP contribution < -0.4 is 9.47 Å². The fourth-order valence-electron chi connectivity index (χ4n) is 4.16. The standard InChI is InChI=1S/C27H41NO8/c1-17(29)19-16-20(24(30)35-26(2,3)4)28(25(31)36-27(5,6)7)23(19)18-11-12-21(33-9)22(15-18)34-14-10-13-32-8/h11-12,15,19-20,23H,10,13-14,16H2,1-9H3/t19-,20+,23+/m1/s1. The highest BCUT2D eigenvalue weighted by molar-refractivity contribution is 5.88. The molecule has 0 bridgehead atoms. The SMILES string of the molecule is COCCCOc1cc([C@H]2[C@@H](C(C)=O)C[C@@H](C(=O)OC(C)(C)C)N2C(=O)OC(C)(C)C)ccc1OC. The summed E-state index contributed by atoms with van der Waals surface area (Å²) in [6.45, 7) is 12.9. The van der Waals surface area contributed by atoms with E-state index < -0.39 is 41.3 Å². The fourth-order valence-corrected chi connectivity index (χ4v) is 4.16. The number of esters is 1. The molecular weight excluding hydrogens is 466 g/mol. The number of hydrogen-bond donors (Lipinski definition) is 0. The summed E-state index contributed by atoms with van der Waals surface area (Å²) < 4.78 is 27.8. The number of carbonyl (C=O) groups is 3. The molecule has 0 aromatic heterocycles. The molecule has 9 heteroatoms. The molecule has 3 atom stereocenters. The van der Waals surface area contributed by atoms with E-state index in [1.807, 2.05) is 0 Å². The first-order valence-corrected chi connectivity index (χ1v) is 12.2. The number of ketones is 1. The van der Waals surface area contributed by atoms with Crippen LogP contribution in [0.5, 0.6) is 11.5 Å². The van der Waals surface area contributed by atoms with Gasteiger partial charge in [0, 0.05) is 26.1 Å². The van der Waals surface area contributed by atoms with E-state index in [-0.39, 0.29) is 12.2 Å². The fraction of sp³-hybridized carbons (Fsp3) is 0.667. The van der Waals surface area contributed by atoms with Crippen LogP contribution in [-0.2, 0) is 23.8 Å². The monoisotopic (exact) mass is 507 g/mol. The van der Waals surface area contributed by atoms with Gasteiger partial charge in [-0.3, -0.25) is 9.69 Å². The first-order valence-electron chi connectivity index (χ1n) is 12.2. The van der Waals surface area contributed by atoms with Crippen molar-refractivity contribution in [3.63, 3.8) is 0 Å². The molecule has 0 saturated carbocycles. The van der Waals surface area contributed by atoms with Gasteiger partial charge in [0.05, 0.1) is 19.8 Å². The highest BCUT2D eigenvalue weighted by Crippen LogP contribution is 2.45. The van der Waals surface area contributed by atoms with E-state index in [9.17, 15) is 14.4 Å². The molecule has 0 N–H and O–H groups in total. The Morgan fingerprint density at radius 3 is 2.11 bits per heavy atom. The maximum absolute atomic E-state index is 13.5. The van der Waals surface area contributed by atoms with Gasteiger partial charge in [-0.15, -0.1) is 0 Å². The predicted molar refractivity (Wildman–Crippen MR) is 134 cm³/mol. The lowest BCUT2D eigenvalue weighted by molar-refractivity contribution is -0.160. The number of benzene rings is 1. The smallest absolute Gasteiger partial charge is 0.411 e. The van der Waals surface area contributed by atoms with Crippen molar-refractivity contribution in [2.45, 2.75) is 84.6 Å². The number of rotatable bonds is 9. The van der Waals surface area contributed by atoms with Crippen LogP contribution in [0.3, 0.4) is 0 Å². The molecule has 1 aliphatic rings. The second kappa shape index (κ2) is 12.0. The molecule has 202 valence electrons. The summed E-state index contributed by atoms with van der Waals surface area (Å²) in [5, 5.41) is 0. The van der Waals surface area contributed by atoms with Crippen LogP contribution >= 0.6 is 0 Å². The van der Waals surface area contributed by atoms with Crippen LogP contribution in [0.4, 0.5) is 4.79 Å². The predicted octanol–water partition coefficient (Wildman–Crippen LogP) is 4.71. The zero-order chi connectivity index (χ0) is 27.3. The van der Waals surface area contributed by atoms with Crippen LogP contribution in [0.15, 0.2) is 18.2 Å². The van der Waals surface area contributed by atoms with Gasteiger partial charge in [-0.2, -0.15) is 0 Å². The maximum Gasteiger partial charge on any atom is 0.411 e. The number of amides is 1. The highest BCUT2D eigenvalue weighted by Gasteiger charge is 2.52. The van der Waals surface area contributed by atoms with E-state index in [2.05, 4.69) is 0 Å². The van der Waals surface area contributed by atoms with Crippen molar-refractivity contribution in [2.75, 3.05) is 27.4 Å². The molecule has 36 heavy (non-hydrogen) atoms. The molecule has 1 aromatic carbocycles. The Morgan fingerprint density at radius 1 is 0.944 bits per heavy atom. The van der Waals surface area contributed by atoms with Crippen molar-refractivity contribution in [2.24, 2.45) is 5.92 Å². The Morgan fingerprint density at radius 2 is 1.58 bits per heavy atom. The van der Waals surface area contributed by atoms with Gasteiger partial charge in [0.2, 0.25) is 0 Å². The summed E-state index contributed by atoms with van der Waals surface area (Å²) in [5.41, 5.74) is -0.928.